The van der Waals surface area contributed by atoms with Crippen molar-refractivity contribution < 1.29 is 4.39 Å². The van der Waals surface area contributed by atoms with Crippen LogP contribution in [0.3, 0.4) is 0 Å². The highest BCUT2D eigenvalue weighted by Gasteiger charge is 2.20. The first-order valence-corrected chi connectivity index (χ1v) is 11.2. The lowest BCUT2D eigenvalue weighted by molar-refractivity contribution is 0.376. The normalized spacial score (nSPS) is 18.6. The molecule has 0 spiro atoms. The molecule has 0 aliphatic heterocycles. The number of nitriles is 1. The Morgan fingerprint density at radius 3 is 2.47 bits per heavy atom. The zero-order valence-corrected chi connectivity index (χ0v) is 17.8. The van der Waals surface area contributed by atoms with Gasteiger partial charge in [0.2, 0.25) is 0 Å². The number of nitrogens with zero attached hydrogens (tertiary/aromatic N) is 1. The van der Waals surface area contributed by atoms with E-state index in [9.17, 15) is 4.39 Å². The van der Waals surface area contributed by atoms with Crippen molar-refractivity contribution in [1.29, 1.82) is 5.26 Å². The average Bonchev–Trinajstić information content (AvgIpc) is 2.78. The van der Waals surface area contributed by atoms with E-state index in [2.05, 4.69) is 49.1 Å². The van der Waals surface area contributed by atoms with Crippen LogP contribution in [0, 0.1) is 34.9 Å². The van der Waals surface area contributed by atoms with Gasteiger partial charge >= 0.3 is 0 Å². The molecule has 1 nitrogen and oxygen atoms in total. The summed E-state index contributed by atoms with van der Waals surface area (Å²) >= 11 is 0. The lowest BCUT2D eigenvalue weighted by atomic mass is 9.78. The van der Waals surface area contributed by atoms with Crippen molar-refractivity contribution in [3.63, 3.8) is 0 Å². The van der Waals surface area contributed by atoms with Gasteiger partial charge in [-0.25, -0.2) is 4.39 Å². The number of hydrogen-bond donors (Lipinski definition) is 0. The fourth-order valence-electron chi connectivity index (χ4n) is 4.17. The summed E-state index contributed by atoms with van der Waals surface area (Å²) in [5.74, 6) is 6.68. The lowest BCUT2D eigenvalue weighted by Gasteiger charge is -2.27. The Kier molecular flexibility index (Phi) is 8.29. The molecular weight excluding hydrogens is 369 g/mol. The van der Waals surface area contributed by atoms with Crippen LogP contribution < -0.4 is 0 Å². The Balaban J connectivity index is 1.47. The summed E-state index contributed by atoms with van der Waals surface area (Å²) in [4.78, 5) is 0. The van der Waals surface area contributed by atoms with Gasteiger partial charge in [0.05, 0.1) is 5.56 Å². The van der Waals surface area contributed by atoms with E-state index in [1.165, 1.54) is 74.6 Å². The first kappa shape index (κ1) is 21.9. The van der Waals surface area contributed by atoms with Crippen LogP contribution in [-0.2, 0) is 6.42 Å². The molecule has 1 fully saturated rings. The van der Waals surface area contributed by atoms with Crippen molar-refractivity contribution in [2.75, 3.05) is 0 Å². The quantitative estimate of drug-likeness (QED) is 0.369. The Labute approximate surface area is 180 Å². The number of hydrogen-bond acceptors (Lipinski definition) is 1. The first-order chi connectivity index (χ1) is 14.7. The third-order valence-electron chi connectivity index (χ3n) is 6.05. The first-order valence-electron chi connectivity index (χ1n) is 11.2. The number of rotatable bonds is 6. The molecule has 1 saturated carbocycles. The molecule has 0 atom stereocenters. The number of aryl methyl sites for hydroxylation is 1. The second kappa shape index (κ2) is 11.4. The molecule has 0 amide bonds. The van der Waals surface area contributed by atoms with Crippen molar-refractivity contribution in [1.82, 2.24) is 0 Å². The summed E-state index contributed by atoms with van der Waals surface area (Å²) in [5, 5.41) is 8.77. The molecule has 2 heteroatoms. The highest BCUT2D eigenvalue weighted by atomic mass is 19.1. The van der Waals surface area contributed by atoms with Crippen LogP contribution in [0.1, 0.15) is 80.0 Å². The zero-order chi connectivity index (χ0) is 21.2. The van der Waals surface area contributed by atoms with Crippen molar-refractivity contribution in [2.24, 2.45) is 5.92 Å². The van der Waals surface area contributed by atoms with Gasteiger partial charge in [-0.2, -0.15) is 5.26 Å². The molecule has 1 aliphatic rings. The summed E-state index contributed by atoms with van der Waals surface area (Å²) in [6.45, 7) is 2.25. The minimum absolute atomic E-state index is 0.0546. The van der Waals surface area contributed by atoms with Gasteiger partial charge in [-0.15, -0.1) is 0 Å². The van der Waals surface area contributed by atoms with Crippen LogP contribution in [0.4, 0.5) is 4.39 Å². The van der Waals surface area contributed by atoms with Crippen molar-refractivity contribution in [2.45, 2.75) is 64.2 Å². The Morgan fingerprint density at radius 2 is 1.80 bits per heavy atom. The van der Waals surface area contributed by atoms with E-state index < -0.39 is 5.82 Å². The smallest absolute Gasteiger partial charge is 0.142 e. The predicted molar refractivity (Wildman–Crippen MR) is 122 cm³/mol. The van der Waals surface area contributed by atoms with E-state index in [1.54, 1.807) is 6.07 Å². The molecule has 0 saturated heterocycles. The van der Waals surface area contributed by atoms with E-state index in [1.807, 2.05) is 12.1 Å². The van der Waals surface area contributed by atoms with Gasteiger partial charge in [-0.3, -0.25) is 0 Å². The fraction of sp³-hybridized carbons (Fsp3) is 0.393. The maximum Gasteiger partial charge on any atom is 0.142 e. The van der Waals surface area contributed by atoms with E-state index in [4.69, 9.17) is 5.26 Å². The molecule has 0 radical (unpaired) electrons. The van der Waals surface area contributed by atoms with Gasteiger partial charge in [0, 0.05) is 5.56 Å². The Hall–Kier alpha value is -2.84. The highest BCUT2D eigenvalue weighted by molar-refractivity contribution is 5.42. The second-order valence-corrected chi connectivity index (χ2v) is 8.25. The fourth-order valence-corrected chi connectivity index (χ4v) is 4.17. The van der Waals surface area contributed by atoms with Crippen LogP contribution in [0.25, 0.3) is 0 Å². The molecule has 3 rings (SSSR count). The topological polar surface area (TPSA) is 23.8 Å². The van der Waals surface area contributed by atoms with Crippen LogP contribution in [0.2, 0.25) is 0 Å². The zero-order valence-electron chi connectivity index (χ0n) is 17.8. The molecule has 154 valence electrons. The minimum Gasteiger partial charge on any atom is -0.206 e. The molecule has 30 heavy (non-hydrogen) atoms. The third-order valence-corrected chi connectivity index (χ3v) is 6.05. The number of unbranched alkanes of at least 4 members (excludes halogenated alkanes) is 2. The molecule has 1 aliphatic carbocycles. The van der Waals surface area contributed by atoms with Gasteiger partial charge < -0.3 is 0 Å². The van der Waals surface area contributed by atoms with Gasteiger partial charge in [-0.1, -0.05) is 61.9 Å². The SMILES string of the molecule is CCCCCc1ccc(C2CCC(C=CC#Cc3ccc(C#N)c(F)c3)CC2)cc1. The van der Waals surface area contributed by atoms with E-state index >= 15 is 0 Å². The standard InChI is InChI=1S/C28H30FN/c1-2-3-4-7-22-10-15-25(16-11-22)26-17-12-23(13-18-26)8-5-6-9-24-14-19-27(21-30)28(29)20-24/h5,8,10-11,14-16,19-20,23,26H,2-4,7,12-13,17-18H2,1H3. The summed E-state index contributed by atoms with van der Waals surface area (Å²) < 4.78 is 13.6. The minimum atomic E-state index is -0.513. The molecule has 0 unspecified atom stereocenters. The van der Waals surface area contributed by atoms with Crippen LogP contribution in [0.15, 0.2) is 54.6 Å². The number of benzene rings is 2. The maximum absolute atomic E-state index is 13.6. The van der Waals surface area contributed by atoms with Crippen LogP contribution in [-0.4, -0.2) is 0 Å². The second-order valence-electron chi connectivity index (χ2n) is 8.25. The molecule has 2 aromatic carbocycles. The van der Waals surface area contributed by atoms with Crippen molar-refractivity contribution in [3.05, 3.63) is 82.7 Å². The van der Waals surface area contributed by atoms with E-state index in [-0.39, 0.29) is 5.56 Å². The van der Waals surface area contributed by atoms with Gasteiger partial charge in [0.25, 0.3) is 0 Å². The lowest BCUT2D eigenvalue weighted by Crippen LogP contribution is -2.11. The molecule has 0 N–H and O–H groups in total. The molecule has 0 bridgehead atoms. The van der Waals surface area contributed by atoms with Crippen molar-refractivity contribution in [3.8, 4) is 17.9 Å². The number of halogens is 1. The summed E-state index contributed by atoms with van der Waals surface area (Å²) in [6.07, 6.45) is 14.0. The predicted octanol–water partition coefficient (Wildman–Crippen LogP) is 7.31. The maximum atomic E-state index is 13.6. The number of allylic oxidation sites excluding steroid dienone is 2. The van der Waals surface area contributed by atoms with Crippen LogP contribution in [0.5, 0.6) is 0 Å². The summed E-state index contributed by atoms with van der Waals surface area (Å²) in [6, 6.07) is 15.6. The highest BCUT2D eigenvalue weighted by Crippen LogP contribution is 2.36. The monoisotopic (exact) mass is 399 g/mol. The average molecular weight is 400 g/mol. The summed E-state index contributed by atoms with van der Waals surface area (Å²) in [5.41, 5.74) is 3.60. The Morgan fingerprint density at radius 1 is 1.03 bits per heavy atom. The summed E-state index contributed by atoms with van der Waals surface area (Å²) in [7, 11) is 0. The van der Waals surface area contributed by atoms with Crippen LogP contribution >= 0.6 is 0 Å². The largest absolute Gasteiger partial charge is 0.206 e. The molecular formula is C28H30FN. The van der Waals surface area contributed by atoms with Gasteiger partial charge in [-0.05, 0) is 85.8 Å². The van der Waals surface area contributed by atoms with E-state index in [0.717, 1.165) is 0 Å². The van der Waals surface area contributed by atoms with Crippen molar-refractivity contribution >= 4 is 0 Å². The van der Waals surface area contributed by atoms with E-state index in [0.29, 0.717) is 17.4 Å². The molecule has 0 aromatic heterocycles. The van der Waals surface area contributed by atoms with Gasteiger partial charge in [0.15, 0.2) is 0 Å². The Bertz CT molecular complexity index is 945. The molecule has 2 aromatic rings. The third kappa shape index (κ3) is 6.33. The molecule has 0 heterocycles. The van der Waals surface area contributed by atoms with Gasteiger partial charge in [0.1, 0.15) is 11.9 Å².